The fourth-order valence-corrected chi connectivity index (χ4v) is 7.23. The Kier molecular flexibility index (Phi) is 4.64. The van der Waals surface area contributed by atoms with Gasteiger partial charge in [0.1, 0.15) is 5.54 Å². The third-order valence-corrected chi connectivity index (χ3v) is 8.30. The molecule has 1 aromatic heterocycles. The Balaban J connectivity index is 1.62. The molecule has 5 nitrogen and oxygen atoms in total. The highest BCUT2D eigenvalue weighted by Gasteiger charge is 2.69. The second-order valence-electron chi connectivity index (χ2n) is 8.46. The number of halogens is 1. The third kappa shape index (κ3) is 2.66. The second kappa shape index (κ2) is 7.44. The number of thioether (sulfide) groups is 1. The zero-order valence-electron chi connectivity index (χ0n) is 17.1. The topological polar surface area (TPSA) is 62.3 Å². The first-order valence-electron chi connectivity index (χ1n) is 10.6. The SMILES string of the molecule is O=C(c1cccnc1)C1C(c2ccc(Cl)cc2)C2CSCN2C12C(=O)Nc1ccccc12. The lowest BCUT2D eigenvalue weighted by molar-refractivity contribution is -0.127. The number of Topliss-reactive ketones (excluding diaryl/α,β-unsaturated/α-hetero) is 1. The molecule has 0 saturated carbocycles. The van der Waals surface area contributed by atoms with Gasteiger partial charge < -0.3 is 5.32 Å². The van der Waals surface area contributed by atoms with Gasteiger partial charge in [-0.05, 0) is 35.9 Å². The van der Waals surface area contributed by atoms with Gasteiger partial charge in [-0.2, -0.15) is 0 Å². The molecule has 3 aliphatic rings. The van der Waals surface area contributed by atoms with Crippen LogP contribution in [0.5, 0.6) is 0 Å². The van der Waals surface area contributed by atoms with Crippen LogP contribution in [0.4, 0.5) is 5.69 Å². The Morgan fingerprint density at radius 2 is 1.94 bits per heavy atom. The van der Waals surface area contributed by atoms with Gasteiger partial charge in [0.05, 0.1) is 5.92 Å². The number of hydrogen-bond donors (Lipinski definition) is 1. The molecule has 3 aliphatic heterocycles. The van der Waals surface area contributed by atoms with Gasteiger partial charge in [0, 0.05) is 57.8 Å². The molecule has 4 atom stereocenters. The Morgan fingerprint density at radius 3 is 2.72 bits per heavy atom. The van der Waals surface area contributed by atoms with Gasteiger partial charge >= 0.3 is 0 Å². The van der Waals surface area contributed by atoms with Crippen LogP contribution in [0.1, 0.15) is 27.4 Å². The van der Waals surface area contributed by atoms with Crippen molar-refractivity contribution in [1.29, 1.82) is 0 Å². The second-order valence-corrected chi connectivity index (χ2v) is 9.90. The average Bonchev–Trinajstić information content (AvgIpc) is 3.48. The average molecular weight is 462 g/mol. The first-order valence-corrected chi connectivity index (χ1v) is 12.1. The molecule has 6 rings (SSSR count). The van der Waals surface area contributed by atoms with Crippen molar-refractivity contribution in [3.05, 3.63) is 94.8 Å². The zero-order chi connectivity index (χ0) is 21.9. The summed E-state index contributed by atoms with van der Waals surface area (Å²) in [5, 5.41) is 3.73. The number of para-hydroxylation sites is 1. The number of benzene rings is 2. The van der Waals surface area contributed by atoms with Crippen LogP contribution in [-0.2, 0) is 10.3 Å². The van der Waals surface area contributed by atoms with E-state index in [2.05, 4.69) is 15.2 Å². The molecular weight excluding hydrogens is 442 g/mol. The molecule has 2 fully saturated rings. The summed E-state index contributed by atoms with van der Waals surface area (Å²) >= 11 is 7.99. The van der Waals surface area contributed by atoms with Crippen molar-refractivity contribution in [2.75, 3.05) is 16.9 Å². The number of ketones is 1. The summed E-state index contributed by atoms with van der Waals surface area (Å²) in [6.07, 6.45) is 3.26. The largest absolute Gasteiger partial charge is 0.324 e. The molecule has 0 bridgehead atoms. The van der Waals surface area contributed by atoms with Crippen molar-refractivity contribution < 1.29 is 9.59 Å². The van der Waals surface area contributed by atoms with Crippen LogP contribution in [0.2, 0.25) is 5.02 Å². The van der Waals surface area contributed by atoms with Crippen LogP contribution in [0, 0.1) is 5.92 Å². The van der Waals surface area contributed by atoms with Crippen molar-refractivity contribution in [3.8, 4) is 0 Å². The summed E-state index contributed by atoms with van der Waals surface area (Å²) in [6, 6.07) is 19.1. The summed E-state index contributed by atoms with van der Waals surface area (Å²) in [4.78, 5) is 34.4. The van der Waals surface area contributed by atoms with Crippen molar-refractivity contribution in [2.45, 2.75) is 17.5 Å². The van der Waals surface area contributed by atoms with Crippen LogP contribution in [0.15, 0.2) is 73.1 Å². The van der Waals surface area contributed by atoms with Crippen LogP contribution < -0.4 is 5.32 Å². The number of carbonyl (C=O) groups excluding carboxylic acids is 2. The summed E-state index contributed by atoms with van der Waals surface area (Å²) < 4.78 is 0. The molecule has 1 N–H and O–H groups in total. The number of hydrogen-bond acceptors (Lipinski definition) is 5. The molecule has 0 radical (unpaired) electrons. The smallest absolute Gasteiger partial charge is 0.250 e. The molecule has 7 heteroatoms. The standard InChI is InChI=1S/C25H20ClN3O2S/c26-17-9-7-15(8-10-17)21-20-13-32-14-29(20)25(18-5-1-2-6-19(18)28-24(25)31)22(21)23(30)16-4-3-11-27-12-16/h1-12,20-22H,13-14H2,(H,28,31). The number of carbonyl (C=O) groups is 2. The summed E-state index contributed by atoms with van der Waals surface area (Å²) in [5.41, 5.74) is 2.18. The number of rotatable bonds is 3. The Labute approximate surface area is 195 Å². The number of fused-ring (bicyclic) bond motifs is 4. The maximum atomic E-state index is 14.2. The summed E-state index contributed by atoms with van der Waals surface area (Å²) in [7, 11) is 0. The number of nitrogens with one attached hydrogen (secondary N) is 1. The summed E-state index contributed by atoms with van der Waals surface area (Å²) in [5.74, 6) is 0.665. The fourth-order valence-electron chi connectivity index (χ4n) is 5.78. The number of amides is 1. The van der Waals surface area contributed by atoms with Crippen LogP contribution in [0.25, 0.3) is 0 Å². The summed E-state index contributed by atoms with van der Waals surface area (Å²) in [6.45, 7) is 0. The minimum Gasteiger partial charge on any atom is -0.324 e. The normalized spacial score (nSPS) is 28.5. The molecule has 160 valence electrons. The van der Waals surface area contributed by atoms with Gasteiger partial charge in [-0.1, -0.05) is 41.9 Å². The number of pyridine rings is 1. The molecule has 2 aromatic carbocycles. The van der Waals surface area contributed by atoms with E-state index in [-0.39, 0.29) is 23.7 Å². The van der Waals surface area contributed by atoms with Gasteiger partial charge in [-0.25, -0.2) is 0 Å². The Morgan fingerprint density at radius 1 is 1.12 bits per heavy atom. The molecule has 2 saturated heterocycles. The van der Waals surface area contributed by atoms with Gasteiger partial charge in [0.15, 0.2) is 5.78 Å². The van der Waals surface area contributed by atoms with Gasteiger partial charge in [-0.3, -0.25) is 19.5 Å². The van der Waals surface area contributed by atoms with E-state index in [9.17, 15) is 9.59 Å². The number of nitrogens with zero attached hydrogens (tertiary/aromatic N) is 2. The van der Waals surface area contributed by atoms with Crippen molar-refractivity contribution in [2.24, 2.45) is 5.92 Å². The maximum Gasteiger partial charge on any atom is 0.250 e. The third-order valence-electron chi connectivity index (χ3n) is 7.01. The lowest BCUT2D eigenvalue weighted by Crippen LogP contribution is -2.52. The first-order chi connectivity index (χ1) is 15.6. The van der Waals surface area contributed by atoms with Crippen LogP contribution in [0.3, 0.4) is 0 Å². The molecule has 3 aromatic rings. The van der Waals surface area contributed by atoms with Gasteiger partial charge in [0.25, 0.3) is 0 Å². The minimum atomic E-state index is -1.05. The van der Waals surface area contributed by atoms with Crippen LogP contribution in [-0.4, -0.2) is 39.2 Å². The highest BCUT2D eigenvalue weighted by Crippen LogP contribution is 2.61. The molecule has 4 unspecified atom stereocenters. The van der Waals surface area contributed by atoms with E-state index in [4.69, 9.17) is 11.6 Å². The van der Waals surface area contributed by atoms with E-state index in [1.54, 1.807) is 24.5 Å². The molecule has 0 aliphatic carbocycles. The van der Waals surface area contributed by atoms with Crippen LogP contribution >= 0.6 is 23.4 Å². The van der Waals surface area contributed by atoms with E-state index in [1.807, 2.05) is 60.3 Å². The lowest BCUT2D eigenvalue weighted by atomic mass is 9.69. The molecule has 1 amide bonds. The Hall–Kier alpha value is -2.67. The Bertz CT molecular complexity index is 1220. The highest BCUT2D eigenvalue weighted by atomic mass is 35.5. The van der Waals surface area contributed by atoms with E-state index in [0.29, 0.717) is 16.5 Å². The number of aromatic nitrogens is 1. The number of anilines is 1. The predicted octanol–water partition coefficient (Wildman–Crippen LogP) is 4.55. The van der Waals surface area contributed by atoms with Crippen molar-refractivity contribution in [3.63, 3.8) is 0 Å². The molecular formula is C25H20ClN3O2S. The van der Waals surface area contributed by atoms with Gasteiger partial charge in [-0.15, -0.1) is 11.8 Å². The predicted molar refractivity (Wildman–Crippen MR) is 126 cm³/mol. The highest BCUT2D eigenvalue weighted by molar-refractivity contribution is 7.99. The van der Waals surface area contributed by atoms with Gasteiger partial charge in [0.2, 0.25) is 5.91 Å². The zero-order valence-corrected chi connectivity index (χ0v) is 18.6. The van der Waals surface area contributed by atoms with E-state index < -0.39 is 11.5 Å². The molecule has 4 heterocycles. The lowest BCUT2D eigenvalue weighted by Gasteiger charge is -2.36. The monoisotopic (exact) mass is 461 g/mol. The quantitative estimate of drug-likeness (QED) is 0.579. The van der Waals surface area contributed by atoms with Crippen molar-refractivity contribution >= 4 is 40.7 Å². The van der Waals surface area contributed by atoms with E-state index in [0.717, 1.165) is 22.6 Å². The minimum absolute atomic E-state index is 0.0516. The first kappa shape index (κ1) is 20.0. The van der Waals surface area contributed by atoms with E-state index >= 15 is 0 Å². The maximum absolute atomic E-state index is 14.2. The fraction of sp³-hybridized carbons (Fsp3) is 0.240. The van der Waals surface area contributed by atoms with E-state index in [1.165, 1.54) is 0 Å². The van der Waals surface area contributed by atoms with Crippen molar-refractivity contribution in [1.82, 2.24) is 9.88 Å². The molecule has 32 heavy (non-hydrogen) atoms. The molecule has 1 spiro atoms.